The lowest BCUT2D eigenvalue weighted by Crippen LogP contribution is -2.29. The summed E-state index contributed by atoms with van der Waals surface area (Å²) in [4.78, 5) is 21.5. The summed E-state index contributed by atoms with van der Waals surface area (Å²) in [5, 5.41) is 5.57. The van der Waals surface area contributed by atoms with Crippen LogP contribution >= 0.6 is 0 Å². The van der Waals surface area contributed by atoms with Crippen LogP contribution in [0.25, 0.3) is 0 Å². The highest BCUT2D eigenvalue weighted by atomic mass is 16.1. The van der Waals surface area contributed by atoms with Gasteiger partial charge >= 0.3 is 0 Å². The summed E-state index contributed by atoms with van der Waals surface area (Å²) in [5.41, 5.74) is 0.379. The number of nitrogens with one attached hydrogen (secondary N) is 2. The topological polar surface area (TPSA) is 70.2 Å². The van der Waals surface area contributed by atoms with Crippen LogP contribution in [0.5, 0.6) is 0 Å². The third-order valence-electron chi connectivity index (χ3n) is 2.14. The van der Waals surface area contributed by atoms with E-state index in [1.807, 2.05) is 19.0 Å². The predicted molar refractivity (Wildman–Crippen MR) is 62.6 cm³/mol. The zero-order valence-electron chi connectivity index (χ0n) is 9.82. The lowest BCUT2D eigenvalue weighted by Gasteiger charge is -2.16. The summed E-state index contributed by atoms with van der Waals surface area (Å²) < 4.78 is 0. The third kappa shape index (κ3) is 3.16. The summed E-state index contributed by atoms with van der Waals surface area (Å²) in [6.07, 6.45) is 1.59. The van der Waals surface area contributed by atoms with Crippen molar-refractivity contribution in [3.05, 3.63) is 18.0 Å². The fraction of sp³-hybridized carbons (Fsp3) is 0.500. The van der Waals surface area contributed by atoms with Gasteiger partial charge in [-0.05, 0) is 13.1 Å². The van der Waals surface area contributed by atoms with Crippen molar-refractivity contribution >= 4 is 11.9 Å². The third-order valence-corrected chi connectivity index (χ3v) is 2.14. The fourth-order valence-corrected chi connectivity index (χ4v) is 1.17. The van der Waals surface area contributed by atoms with Gasteiger partial charge in [-0.2, -0.15) is 0 Å². The highest BCUT2D eigenvalue weighted by Gasteiger charge is 2.08. The van der Waals surface area contributed by atoms with E-state index in [2.05, 4.69) is 20.6 Å². The number of hydrogen-bond acceptors (Lipinski definition) is 5. The van der Waals surface area contributed by atoms with Gasteiger partial charge in [0, 0.05) is 33.4 Å². The molecule has 0 aliphatic carbocycles. The van der Waals surface area contributed by atoms with Crippen LogP contribution in [0.4, 0.5) is 5.95 Å². The van der Waals surface area contributed by atoms with Gasteiger partial charge in [-0.3, -0.25) is 4.79 Å². The van der Waals surface area contributed by atoms with Crippen LogP contribution in [0.3, 0.4) is 0 Å². The first-order valence-electron chi connectivity index (χ1n) is 5.10. The molecule has 1 aromatic heterocycles. The molecular weight excluding hydrogens is 206 g/mol. The van der Waals surface area contributed by atoms with E-state index in [0.29, 0.717) is 11.6 Å². The molecule has 6 heteroatoms. The molecule has 0 aromatic carbocycles. The van der Waals surface area contributed by atoms with E-state index in [0.717, 1.165) is 13.1 Å². The molecule has 1 aromatic rings. The molecule has 1 amide bonds. The Hall–Kier alpha value is -1.69. The maximum atomic E-state index is 11.4. The minimum Gasteiger partial charge on any atom is -0.354 e. The quantitative estimate of drug-likeness (QED) is 0.703. The van der Waals surface area contributed by atoms with Crippen molar-refractivity contribution in [1.29, 1.82) is 0 Å². The molecule has 0 spiro atoms. The van der Waals surface area contributed by atoms with Gasteiger partial charge in [-0.15, -0.1) is 0 Å². The van der Waals surface area contributed by atoms with Gasteiger partial charge < -0.3 is 15.5 Å². The number of anilines is 1. The molecule has 0 unspecified atom stereocenters. The van der Waals surface area contributed by atoms with Crippen molar-refractivity contribution in [3.63, 3.8) is 0 Å². The van der Waals surface area contributed by atoms with E-state index in [-0.39, 0.29) is 5.91 Å². The van der Waals surface area contributed by atoms with Crippen molar-refractivity contribution in [2.75, 3.05) is 39.1 Å². The number of carbonyl (C=O) groups is 1. The lowest BCUT2D eigenvalue weighted by molar-refractivity contribution is 0.0958. The number of likely N-dealkylation sites (N-methyl/N-ethyl adjacent to an activating group) is 2. The van der Waals surface area contributed by atoms with Crippen molar-refractivity contribution in [3.8, 4) is 0 Å². The maximum Gasteiger partial charge on any atom is 0.269 e. The molecule has 6 nitrogen and oxygen atoms in total. The van der Waals surface area contributed by atoms with Crippen molar-refractivity contribution < 1.29 is 4.79 Å². The number of aromatic nitrogens is 2. The Labute approximate surface area is 95.1 Å². The number of rotatable bonds is 5. The molecule has 1 heterocycles. The molecule has 0 aliphatic heterocycles. The van der Waals surface area contributed by atoms with Crippen LogP contribution < -0.4 is 15.5 Å². The first-order valence-corrected chi connectivity index (χ1v) is 5.10. The monoisotopic (exact) mass is 223 g/mol. The van der Waals surface area contributed by atoms with Crippen molar-refractivity contribution in [2.45, 2.75) is 0 Å². The molecule has 16 heavy (non-hydrogen) atoms. The fourth-order valence-electron chi connectivity index (χ4n) is 1.17. The van der Waals surface area contributed by atoms with E-state index < -0.39 is 0 Å². The molecule has 0 aliphatic rings. The molecular formula is C10H17N5O. The summed E-state index contributed by atoms with van der Waals surface area (Å²) in [6.45, 7) is 1.62. The molecule has 0 saturated heterocycles. The van der Waals surface area contributed by atoms with Crippen LogP contribution in [-0.4, -0.2) is 50.1 Å². The molecule has 1 rings (SSSR count). The summed E-state index contributed by atoms with van der Waals surface area (Å²) >= 11 is 0. The van der Waals surface area contributed by atoms with Crippen LogP contribution in [-0.2, 0) is 0 Å². The van der Waals surface area contributed by atoms with Crippen LogP contribution in [0.2, 0.25) is 0 Å². The van der Waals surface area contributed by atoms with Crippen LogP contribution in [0, 0.1) is 0 Å². The summed E-state index contributed by atoms with van der Waals surface area (Å²) in [6, 6.07) is 1.59. The molecule has 0 bridgehead atoms. The Morgan fingerprint density at radius 3 is 2.88 bits per heavy atom. The first kappa shape index (κ1) is 12.4. The second-order valence-electron chi connectivity index (χ2n) is 3.35. The molecule has 0 saturated carbocycles. The Kier molecular flexibility index (Phi) is 4.65. The molecule has 2 N–H and O–H groups in total. The Bertz CT molecular complexity index is 355. The lowest BCUT2D eigenvalue weighted by atomic mass is 10.4. The minimum absolute atomic E-state index is 0.203. The van der Waals surface area contributed by atoms with Gasteiger partial charge in [0.1, 0.15) is 5.69 Å². The number of carbonyl (C=O) groups excluding carboxylic acids is 1. The average Bonchev–Trinajstić information content (AvgIpc) is 2.35. The standard InChI is InChI=1S/C10H17N5O/c1-11-6-7-15(3)10-13-5-4-8(14-10)9(16)12-2/h4-5,11H,6-7H2,1-3H3,(H,12,16). The zero-order valence-corrected chi connectivity index (χ0v) is 9.82. The van der Waals surface area contributed by atoms with Gasteiger partial charge in [0.05, 0.1) is 0 Å². The van der Waals surface area contributed by atoms with Crippen LogP contribution in [0.15, 0.2) is 12.3 Å². The smallest absolute Gasteiger partial charge is 0.269 e. The second-order valence-corrected chi connectivity index (χ2v) is 3.35. The summed E-state index contributed by atoms with van der Waals surface area (Å²) in [5.74, 6) is 0.349. The average molecular weight is 223 g/mol. The van der Waals surface area contributed by atoms with E-state index in [1.54, 1.807) is 19.3 Å². The Morgan fingerprint density at radius 2 is 2.25 bits per heavy atom. The molecule has 0 fully saturated rings. The molecule has 0 atom stereocenters. The van der Waals surface area contributed by atoms with Gasteiger partial charge in [0.25, 0.3) is 5.91 Å². The van der Waals surface area contributed by atoms with Gasteiger partial charge in [0.2, 0.25) is 5.95 Å². The van der Waals surface area contributed by atoms with Crippen molar-refractivity contribution in [2.24, 2.45) is 0 Å². The number of amides is 1. The van der Waals surface area contributed by atoms with E-state index in [9.17, 15) is 4.79 Å². The second kappa shape index (κ2) is 6.02. The maximum absolute atomic E-state index is 11.4. The predicted octanol–water partition coefficient (Wildman–Crippen LogP) is -0.508. The Morgan fingerprint density at radius 1 is 1.50 bits per heavy atom. The summed E-state index contributed by atoms with van der Waals surface area (Å²) in [7, 11) is 5.35. The van der Waals surface area contributed by atoms with Gasteiger partial charge in [0.15, 0.2) is 0 Å². The largest absolute Gasteiger partial charge is 0.354 e. The Balaban J connectivity index is 2.77. The van der Waals surface area contributed by atoms with Crippen LogP contribution in [0.1, 0.15) is 10.5 Å². The molecule has 0 radical (unpaired) electrons. The first-order chi connectivity index (χ1) is 7.69. The SMILES string of the molecule is CNCCN(C)c1nccc(C(=O)NC)n1. The van der Waals surface area contributed by atoms with Gasteiger partial charge in [-0.1, -0.05) is 0 Å². The minimum atomic E-state index is -0.203. The van der Waals surface area contributed by atoms with Gasteiger partial charge in [-0.25, -0.2) is 9.97 Å². The van der Waals surface area contributed by atoms with E-state index in [1.165, 1.54) is 0 Å². The van der Waals surface area contributed by atoms with E-state index in [4.69, 9.17) is 0 Å². The normalized spacial score (nSPS) is 9.94. The molecule has 88 valence electrons. The number of hydrogen-bond donors (Lipinski definition) is 2. The zero-order chi connectivity index (χ0) is 12.0. The highest BCUT2D eigenvalue weighted by molar-refractivity contribution is 5.92. The highest BCUT2D eigenvalue weighted by Crippen LogP contribution is 2.04. The number of nitrogens with zero attached hydrogens (tertiary/aromatic N) is 3. The van der Waals surface area contributed by atoms with E-state index >= 15 is 0 Å². The van der Waals surface area contributed by atoms with Crippen molar-refractivity contribution in [1.82, 2.24) is 20.6 Å².